The van der Waals surface area contributed by atoms with Crippen LogP contribution in [0, 0.1) is 18.2 Å². The van der Waals surface area contributed by atoms with E-state index >= 15 is 0 Å². The van der Waals surface area contributed by atoms with Gasteiger partial charge in [-0.2, -0.15) is 5.10 Å². The molecule has 6 aromatic carbocycles. The first kappa shape index (κ1) is 41.9. The summed E-state index contributed by atoms with van der Waals surface area (Å²) in [6, 6.07) is 71.3. The fraction of sp³-hybridized carbons (Fsp3) is 0.0702. The van der Waals surface area contributed by atoms with Gasteiger partial charge in [0.2, 0.25) is 0 Å². The molecule has 10 rings (SSSR count). The summed E-state index contributed by atoms with van der Waals surface area (Å²) in [6.07, 6.45) is 10.5. The Balaban J connectivity index is 0.00000518. The molecular weight excluding hydrogens is 961 g/mol. The quantitative estimate of drug-likeness (QED) is 0.108. The normalized spacial score (nSPS) is 10.9. The van der Waals surface area contributed by atoms with Gasteiger partial charge in [-0.1, -0.05) is 121 Å². The third-order valence-corrected chi connectivity index (χ3v) is 11.3. The minimum atomic E-state index is 0. The zero-order valence-electron chi connectivity index (χ0n) is 34.9. The standard InChI is InChI=1S/C57H41N6.Ir/c1-2-10-45(11-3-1)46-27-29-47(30-28-46)53-39-50(56-14-6-9-35-60-56)31-32-52(53)57-61-40-62-63(57)51-37-43(17-15-41-19-23-48(24-20-41)54-12-4-7-33-58-54)36-44(38-51)18-16-42-21-25-49(26-22-42)55-13-5-8-34-59-55;/h1-14,19-23,25,27-30,32-40H,15-18H2;/q-3;+3. The second-order valence-electron chi connectivity index (χ2n) is 15.5. The maximum atomic E-state index is 4.93. The molecule has 0 aliphatic carbocycles. The molecule has 64 heavy (non-hydrogen) atoms. The van der Waals surface area contributed by atoms with Crippen LogP contribution in [0.3, 0.4) is 0 Å². The minimum absolute atomic E-state index is 0. The van der Waals surface area contributed by atoms with E-state index in [9.17, 15) is 0 Å². The van der Waals surface area contributed by atoms with Gasteiger partial charge in [0.15, 0.2) is 0 Å². The molecule has 7 heteroatoms. The van der Waals surface area contributed by atoms with Gasteiger partial charge in [0, 0.05) is 18.6 Å². The largest absolute Gasteiger partial charge is 3.00 e. The molecule has 0 amide bonds. The Hall–Kier alpha value is -7.44. The second-order valence-corrected chi connectivity index (χ2v) is 15.5. The van der Waals surface area contributed by atoms with Crippen molar-refractivity contribution < 1.29 is 20.1 Å². The van der Waals surface area contributed by atoms with Gasteiger partial charge in [0.1, 0.15) is 12.2 Å². The van der Waals surface area contributed by atoms with Crippen molar-refractivity contribution in [2.24, 2.45) is 0 Å². The van der Waals surface area contributed by atoms with Gasteiger partial charge in [-0.25, -0.2) is 9.67 Å². The van der Waals surface area contributed by atoms with Crippen LogP contribution in [0.15, 0.2) is 201 Å². The van der Waals surface area contributed by atoms with E-state index in [-0.39, 0.29) is 20.1 Å². The molecule has 0 aliphatic heterocycles. The van der Waals surface area contributed by atoms with Crippen LogP contribution in [-0.4, -0.2) is 29.7 Å². The third kappa shape index (κ3) is 9.62. The molecule has 10 aromatic rings. The topological polar surface area (TPSA) is 69.4 Å². The number of aryl methyl sites for hydroxylation is 4. The molecular formula is C57H41IrN6. The molecule has 0 saturated carbocycles. The van der Waals surface area contributed by atoms with E-state index in [4.69, 9.17) is 10.1 Å². The minimum Gasteiger partial charge on any atom is -0.305 e. The molecule has 6 nitrogen and oxygen atoms in total. The van der Waals surface area contributed by atoms with E-state index in [1.165, 1.54) is 27.8 Å². The monoisotopic (exact) mass is 1000 g/mol. The number of aromatic nitrogens is 6. The van der Waals surface area contributed by atoms with Gasteiger partial charge in [0.25, 0.3) is 0 Å². The Morgan fingerprint density at radius 1 is 0.391 bits per heavy atom. The Morgan fingerprint density at radius 2 is 0.891 bits per heavy atom. The van der Waals surface area contributed by atoms with Gasteiger partial charge in [-0.3, -0.25) is 0 Å². The molecule has 4 heterocycles. The maximum Gasteiger partial charge on any atom is 3.00 e. The first-order chi connectivity index (χ1) is 31.2. The van der Waals surface area contributed by atoms with Crippen LogP contribution in [0.2, 0.25) is 0 Å². The predicted molar refractivity (Wildman–Crippen MR) is 252 cm³/mol. The molecule has 0 bridgehead atoms. The first-order valence-electron chi connectivity index (χ1n) is 21.2. The molecule has 4 aromatic heterocycles. The number of benzene rings is 6. The molecule has 0 spiro atoms. The molecule has 0 fully saturated rings. The summed E-state index contributed by atoms with van der Waals surface area (Å²) >= 11 is 0. The van der Waals surface area contributed by atoms with Crippen LogP contribution in [0.4, 0.5) is 0 Å². The summed E-state index contributed by atoms with van der Waals surface area (Å²) in [6.45, 7) is 0. The Kier molecular flexibility index (Phi) is 12.9. The van der Waals surface area contributed by atoms with Crippen LogP contribution in [0.1, 0.15) is 22.3 Å². The zero-order valence-corrected chi connectivity index (χ0v) is 37.3. The van der Waals surface area contributed by atoms with Gasteiger partial charge in [-0.05, 0) is 88.1 Å². The van der Waals surface area contributed by atoms with E-state index in [0.717, 1.165) is 93.2 Å². The van der Waals surface area contributed by atoms with Crippen molar-refractivity contribution in [3.8, 4) is 73.1 Å². The summed E-state index contributed by atoms with van der Waals surface area (Å²) < 4.78 is 1.98. The van der Waals surface area contributed by atoms with Crippen LogP contribution < -0.4 is 0 Å². The summed E-state index contributed by atoms with van der Waals surface area (Å²) in [4.78, 5) is 18.6. The average Bonchev–Trinajstić information content (AvgIpc) is 3.87. The number of pyridine rings is 3. The predicted octanol–water partition coefficient (Wildman–Crippen LogP) is 12.4. The Labute approximate surface area is 387 Å². The molecule has 0 N–H and O–H groups in total. The summed E-state index contributed by atoms with van der Waals surface area (Å²) in [5.74, 6) is 0.739. The van der Waals surface area contributed by atoms with E-state index in [2.05, 4.69) is 142 Å². The Bertz CT molecular complexity index is 2960. The van der Waals surface area contributed by atoms with Crippen LogP contribution >= 0.6 is 0 Å². The van der Waals surface area contributed by atoms with Crippen LogP contribution in [0.5, 0.6) is 0 Å². The van der Waals surface area contributed by atoms with E-state index in [1.54, 1.807) is 6.33 Å². The Morgan fingerprint density at radius 3 is 1.42 bits per heavy atom. The molecule has 0 radical (unpaired) electrons. The fourth-order valence-electron chi connectivity index (χ4n) is 7.99. The summed E-state index contributed by atoms with van der Waals surface area (Å²) in [5, 5.41) is 4.89. The number of hydrogen-bond acceptors (Lipinski definition) is 5. The average molecular weight is 1000 g/mol. The van der Waals surface area contributed by atoms with Crippen molar-refractivity contribution in [3.05, 3.63) is 241 Å². The van der Waals surface area contributed by atoms with Gasteiger partial charge < -0.3 is 15.0 Å². The second kappa shape index (κ2) is 19.7. The summed E-state index contributed by atoms with van der Waals surface area (Å²) in [5.41, 5.74) is 16.8. The number of hydrogen-bond donors (Lipinski definition) is 0. The zero-order chi connectivity index (χ0) is 42.2. The fourth-order valence-corrected chi connectivity index (χ4v) is 7.99. The van der Waals surface area contributed by atoms with Crippen molar-refractivity contribution in [2.75, 3.05) is 0 Å². The number of nitrogens with zero attached hydrogens (tertiary/aromatic N) is 6. The first-order valence-corrected chi connectivity index (χ1v) is 21.2. The summed E-state index contributed by atoms with van der Waals surface area (Å²) in [7, 11) is 0. The van der Waals surface area contributed by atoms with E-state index in [0.29, 0.717) is 0 Å². The molecule has 308 valence electrons. The van der Waals surface area contributed by atoms with E-state index < -0.39 is 0 Å². The van der Waals surface area contributed by atoms with E-state index in [1.807, 2.05) is 90.0 Å². The van der Waals surface area contributed by atoms with Gasteiger partial charge in [-0.15, -0.1) is 94.5 Å². The molecule has 0 aliphatic rings. The SMILES string of the molecule is [Ir+3].[c-]1cc(CCc2cc(CCc3c[c-]c(-c4ccccn4)cc3)cc(-n3ncnc3-c3c[c-]c(-c4ccccn4)cc3-c3ccc(-c4ccccc4)cc3)c2)ccc1-c1ccccn1. The van der Waals surface area contributed by atoms with Crippen molar-refractivity contribution >= 4 is 0 Å². The maximum absolute atomic E-state index is 4.93. The molecule has 0 unspecified atom stereocenters. The van der Waals surface area contributed by atoms with Crippen LogP contribution in [-0.2, 0) is 45.8 Å². The van der Waals surface area contributed by atoms with Crippen molar-refractivity contribution in [3.63, 3.8) is 0 Å². The van der Waals surface area contributed by atoms with Crippen molar-refractivity contribution in [2.45, 2.75) is 25.7 Å². The molecule has 0 saturated heterocycles. The van der Waals surface area contributed by atoms with Crippen molar-refractivity contribution in [1.29, 1.82) is 0 Å². The smallest absolute Gasteiger partial charge is 0.305 e. The van der Waals surface area contributed by atoms with Crippen LogP contribution in [0.25, 0.3) is 73.1 Å². The van der Waals surface area contributed by atoms with Crippen molar-refractivity contribution in [1.82, 2.24) is 29.7 Å². The third-order valence-electron chi connectivity index (χ3n) is 11.3. The van der Waals surface area contributed by atoms with Gasteiger partial charge in [0.05, 0.1) is 5.69 Å². The molecule has 0 atom stereocenters. The number of rotatable bonds is 13. The van der Waals surface area contributed by atoms with Gasteiger partial charge >= 0.3 is 20.1 Å².